The second-order valence-electron chi connectivity index (χ2n) is 27.1. The lowest BCUT2D eigenvalue weighted by atomic mass is 9.55. The first-order valence-electron chi connectivity index (χ1n) is 30.6. The van der Waals surface area contributed by atoms with Crippen LogP contribution in [0, 0.1) is 59.2 Å². The van der Waals surface area contributed by atoms with Crippen LogP contribution in [0.3, 0.4) is 0 Å². The molecule has 8 rings (SSSR count). The highest BCUT2D eigenvalue weighted by molar-refractivity contribution is 7.47. The molecule has 27 nitrogen and oxygen atoms in total. The Kier molecular flexibility index (Phi) is 19.6. The zero-order valence-corrected chi connectivity index (χ0v) is 54.1. The number of nitrogens with zero attached hydrogens (tertiary/aromatic N) is 5. The third-order valence-corrected chi connectivity index (χ3v) is 21.7. The summed E-state index contributed by atoms with van der Waals surface area (Å²) in [6.45, 7) is 19.3. The number of aliphatic hydroxyl groups excluding tert-OH is 2. The topological polar surface area (TPSA) is 460 Å². The summed E-state index contributed by atoms with van der Waals surface area (Å²) in [6, 6.07) is 2.70. The van der Waals surface area contributed by atoms with Gasteiger partial charge in [-0.25, -0.2) is 9.55 Å². The number of carbonyl (C=O) groups is 7. The molecule has 17 N–H and O–H groups in total. The van der Waals surface area contributed by atoms with E-state index in [1.165, 1.54) is 13.3 Å². The smallest absolute Gasteiger partial charge is 0.394 e. The molecule has 2 saturated heterocycles. The number of ether oxygens (including phenoxy) is 1. The van der Waals surface area contributed by atoms with Gasteiger partial charge in [-0.15, -0.1) is 0 Å². The number of imidazole rings is 1. The van der Waals surface area contributed by atoms with Crippen molar-refractivity contribution >= 4 is 77.3 Å². The molecule has 1 aromatic carbocycles. The maximum atomic E-state index is 14.4. The van der Waals surface area contributed by atoms with Gasteiger partial charge in [0.1, 0.15) is 18.3 Å². The first-order chi connectivity index (χ1) is 41.8. The number of allylic oxidation sites excluding steroid dienone is 6. The van der Waals surface area contributed by atoms with E-state index in [1.54, 1.807) is 4.57 Å². The standard InChI is InChI=1S/C62H90N13O14P/c1-29-20-39-40(21-30(29)2)75(28-70-39)57-52(84)53(41(27-76)87-57)89-90(85,86)88-31(3)26-69-49(83)18-19-59(8)37(22-46(66)80)56-62(11)61(10,25-48(68)82)36(14-17-45(65)79)51(74-62)33(5)55-60(9,24-47(67)81)34(12-15-43(63)77)38(71-55)23-42-58(6,7)35(13-16-44(64)78)50(72-42)32(4)54(59)73-56/h20-21,23,28,31,34-37,41,52-53,56-57,71,76,84H,12-19,22,24-27H2,1-11H3,(H2,63,77)(H2,64,78)(H2,65,79)(H2,66,80)(H2,67,81)(H2,68,82)(H,69,83)(H,85,86)/b38-23-,50-32-,55-33-/t31-,34+,35+,36+,37-,41+,52+,53+,56?,57-,59+,60-,61-,62-/m0/s1. The highest BCUT2D eigenvalue weighted by atomic mass is 31.2. The summed E-state index contributed by atoms with van der Waals surface area (Å²) in [5.74, 6) is -7.18. The first-order valence-corrected chi connectivity index (χ1v) is 32.1. The molecule has 0 radical (unpaired) electrons. The van der Waals surface area contributed by atoms with E-state index in [-0.39, 0.29) is 77.2 Å². The summed E-state index contributed by atoms with van der Waals surface area (Å²) in [7, 11) is -5.07. The highest BCUT2D eigenvalue weighted by Gasteiger charge is 2.66. The maximum absolute atomic E-state index is 14.4. The number of hydrogen-bond donors (Lipinski definition) is 11. The summed E-state index contributed by atoms with van der Waals surface area (Å²) in [5.41, 5.74) is 37.4. The monoisotopic (exact) mass is 1270 g/mol. The van der Waals surface area contributed by atoms with Crippen molar-refractivity contribution < 1.29 is 67.0 Å². The number of primary amides is 6. The summed E-state index contributed by atoms with van der Waals surface area (Å²) in [5, 5.41) is 28.2. The number of aromatic nitrogens is 2. The largest absolute Gasteiger partial charge is 0.472 e. The Morgan fingerprint density at radius 1 is 0.800 bits per heavy atom. The number of rotatable bonds is 26. The third-order valence-electron chi connectivity index (χ3n) is 20.6. The fourth-order valence-electron chi connectivity index (χ4n) is 15.4. The Hall–Kier alpha value is -7.00. The van der Waals surface area contributed by atoms with Gasteiger partial charge in [0.05, 0.1) is 41.7 Å². The van der Waals surface area contributed by atoms with E-state index < -0.39 is 143 Å². The molecule has 0 aliphatic carbocycles. The second-order valence-corrected chi connectivity index (χ2v) is 28.4. The van der Waals surface area contributed by atoms with E-state index in [0.717, 1.165) is 11.1 Å². The number of nitrogens with one attached hydrogen (secondary N) is 2. The molecule has 6 aliphatic rings. The number of nitrogens with two attached hydrogens (primary N) is 6. The number of benzene rings is 1. The number of hydrogen-bond acceptors (Lipinski definition) is 18. The summed E-state index contributed by atoms with van der Waals surface area (Å²) < 4.78 is 32.3. The molecule has 1 aromatic heterocycles. The number of phosphoric ester groups is 1. The summed E-state index contributed by atoms with van der Waals surface area (Å²) in [6.07, 6.45) is -4.26. The molecule has 2 unspecified atom stereocenters. The number of fused-ring (bicyclic) bond motifs is 7. The predicted octanol–water partition coefficient (Wildman–Crippen LogP) is 3.16. The predicted molar refractivity (Wildman–Crippen MR) is 334 cm³/mol. The molecule has 2 fully saturated rings. The Bertz CT molecular complexity index is 3540. The van der Waals surface area contributed by atoms with Gasteiger partial charge < -0.3 is 69.4 Å². The van der Waals surface area contributed by atoms with Crippen molar-refractivity contribution in [2.75, 3.05) is 13.2 Å². The highest BCUT2D eigenvalue weighted by Crippen LogP contribution is 2.63. The fraction of sp³-hybridized carbons (Fsp3) is 0.629. The zero-order chi connectivity index (χ0) is 66.7. The Morgan fingerprint density at radius 3 is 1.99 bits per heavy atom. The Morgan fingerprint density at radius 2 is 1.40 bits per heavy atom. The SMILES string of the molecule is C/C1=C2N=C(/C=C3\N/C(=C(/C)C4=N[C@@](C)(C5N=C1[C@](C)(CCC(=O)NC[C@H](C)OP(=O)(O)O[C@H]1[C@@H](O)[C@@H](n6cnc7cc(C)c(C)cc76)O[C@@H]1CO)[C@H]5CC(N)=O)[C@@](C)(CC(N)=O)[C@@H]4CCC(N)=O)[C@@](C)(CC(N)=O)[C@@H]3CCC(N)=O)C(C)(C)[C@@H]/2CCC(N)=O. The van der Waals surface area contributed by atoms with E-state index >= 15 is 0 Å². The van der Waals surface area contributed by atoms with Gasteiger partial charge in [0.15, 0.2) is 6.23 Å². The van der Waals surface area contributed by atoms with Gasteiger partial charge in [0.2, 0.25) is 41.4 Å². The van der Waals surface area contributed by atoms with Crippen molar-refractivity contribution in [3.63, 3.8) is 0 Å². The summed E-state index contributed by atoms with van der Waals surface area (Å²) in [4.78, 5) is 126. The second kappa shape index (κ2) is 25.6. The average Bonchev–Trinajstić information content (AvgIpc) is 1.53. The number of aryl methyl sites for hydroxylation is 2. The van der Waals surface area contributed by atoms with Crippen molar-refractivity contribution in [3.8, 4) is 0 Å². The average molecular weight is 1270 g/mol. The van der Waals surface area contributed by atoms with Crippen LogP contribution in [0.5, 0.6) is 0 Å². The van der Waals surface area contributed by atoms with Gasteiger partial charge in [0.25, 0.3) is 0 Å². The van der Waals surface area contributed by atoms with Gasteiger partial charge in [0, 0.05) is 131 Å². The van der Waals surface area contributed by atoms with Crippen molar-refractivity contribution in [3.05, 3.63) is 63.9 Å². The van der Waals surface area contributed by atoms with Gasteiger partial charge in [-0.2, -0.15) is 0 Å². The lowest BCUT2D eigenvalue weighted by Gasteiger charge is -2.48. The van der Waals surface area contributed by atoms with Crippen LogP contribution < -0.4 is 45.0 Å². The van der Waals surface area contributed by atoms with Crippen LogP contribution >= 0.6 is 7.82 Å². The number of aliphatic imine (C=N–C) groups is 3. The van der Waals surface area contributed by atoms with Gasteiger partial charge in [-0.3, -0.25) is 57.6 Å². The fourth-order valence-corrected chi connectivity index (χ4v) is 16.6. The van der Waals surface area contributed by atoms with Crippen LogP contribution in [0.4, 0.5) is 0 Å². The Labute approximate surface area is 523 Å². The van der Waals surface area contributed by atoms with E-state index in [1.807, 2.05) is 87.4 Å². The minimum atomic E-state index is -5.07. The Balaban J connectivity index is 1.19. The van der Waals surface area contributed by atoms with Gasteiger partial charge >= 0.3 is 7.82 Å². The zero-order valence-electron chi connectivity index (χ0n) is 53.3. The molecule has 8 bridgehead atoms. The number of amides is 7. The molecule has 90 heavy (non-hydrogen) atoms. The van der Waals surface area contributed by atoms with Gasteiger partial charge in [-0.1, -0.05) is 34.6 Å². The third kappa shape index (κ3) is 13.0. The van der Waals surface area contributed by atoms with Crippen molar-refractivity contribution in [2.45, 2.75) is 189 Å². The molecule has 2 aromatic rings. The molecule has 0 saturated carbocycles. The first kappa shape index (κ1) is 68.9. The molecule has 28 heteroatoms. The van der Waals surface area contributed by atoms with Crippen LogP contribution in [0.2, 0.25) is 0 Å². The van der Waals surface area contributed by atoms with Crippen molar-refractivity contribution in [2.24, 2.45) is 94.7 Å². The van der Waals surface area contributed by atoms with Crippen LogP contribution in [-0.2, 0) is 51.9 Å². The van der Waals surface area contributed by atoms with Crippen LogP contribution in [0.15, 0.2) is 67.8 Å². The van der Waals surface area contributed by atoms with Gasteiger partial charge in [-0.05, 0) is 108 Å². The molecule has 0 spiro atoms. The van der Waals surface area contributed by atoms with E-state index in [4.69, 9.17) is 63.2 Å². The van der Waals surface area contributed by atoms with Crippen LogP contribution in [-0.4, -0.2) is 132 Å². The van der Waals surface area contributed by atoms with E-state index in [9.17, 15) is 53.2 Å². The minimum Gasteiger partial charge on any atom is -0.394 e. The van der Waals surface area contributed by atoms with Crippen LogP contribution in [0.1, 0.15) is 150 Å². The minimum absolute atomic E-state index is 0.0114. The number of aliphatic hydroxyl groups is 2. The molecule has 7 amide bonds. The number of phosphoric acid groups is 1. The molecule has 492 valence electrons. The molecule has 15 atom stereocenters. The normalized spacial score (nSPS) is 34.2. The molecule has 6 aliphatic heterocycles. The van der Waals surface area contributed by atoms with Crippen molar-refractivity contribution in [1.29, 1.82) is 0 Å². The molecule has 7 heterocycles. The molecular weight excluding hydrogens is 1180 g/mol. The van der Waals surface area contributed by atoms with Crippen molar-refractivity contribution in [1.82, 2.24) is 20.2 Å². The molecular formula is C62H90N13O14P. The quantitative estimate of drug-likeness (QED) is 0.0603. The van der Waals surface area contributed by atoms with E-state index in [0.29, 0.717) is 56.4 Å². The summed E-state index contributed by atoms with van der Waals surface area (Å²) >= 11 is 0. The number of carbonyl (C=O) groups excluding carboxylic acids is 7. The van der Waals surface area contributed by atoms with Crippen LogP contribution in [0.25, 0.3) is 11.0 Å². The maximum Gasteiger partial charge on any atom is 0.472 e. The lowest BCUT2D eigenvalue weighted by Crippen LogP contribution is -2.56. The van der Waals surface area contributed by atoms with E-state index in [2.05, 4.69) is 15.6 Å². The lowest BCUT2D eigenvalue weighted by molar-refractivity contribution is -0.124.